The summed E-state index contributed by atoms with van der Waals surface area (Å²) in [5.41, 5.74) is 5.95. The number of aryl methyl sites for hydroxylation is 2. The van der Waals surface area contributed by atoms with Crippen molar-refractivity contribution in [3.63, 3.8) is 0 Å². The van der Waals surface area contributed by atoms with Crippen molar-refractivity contribution in [2.24, 2.45) is 5.10 Å². The number of carbonyl (C=O) groups excluding carboxylic acids is 1. The molecule has 1 aromatic carbocycles. The van der Waals surface area contributed by atoms with Crippen molar-refractivity contribution in [1.29, 1.82) is 0 Å². The standard InChI is InChI=1S/C22H23ClN4O2/c1-15-5-6-16(2)27(15)17-7-9-20(23)19(13-17)22(28)25-24-14-18-8-10-21(29-18)26-11-3-4-12-26/h5-10,13-14H,3-4,11-12H2,1-2H3,(H,25,28). The molecule has 4 rings (SSSR count). The quantitative estimate of drug-likeness (QED) is 0.489. The molecule has 1 N–H and O–H groups in total. The van der Waals surface area contributed by atoms with E-state index >= 15 is 0 Å². The first-order valence-corrected chi connectivity index (χ1v) is 10.0. The summed E-state index contributed by atoms with van der Waals surface area (Å²) in [5, 5.41) is 4.40. The first kappa shape index (κ1) is 19.3. The molecule has 0 spiro atoms. The number of hydrogen-bond acceptors (Lipinski definition) is 4. The molecule has 2 aromatic heterocycles. The topological polar surface area (TPSA) is 62.8 Å². The van der Waals surface area contributed by atoms with Crippen molar-refractivity contribution in [1.82, 2.24) is 9.99 Å². The fourth-order valence-corrected chi connectivity index (χ4v) is 3.84. The zero-order valence-corrected chi connectivity index (χ0v) is 17.2. The minimum absolute atomic E-state index is 0.367. The predicted molar refractivity (Wildman–Crippen MR) is 115 cm³/mol. The van der Waals surface area contributed by atoms with E-state index in [0.717, 1.165) is 36.0 Å². The zero-order valence-electron chi connectivity index (χ0n) is 16.5. The van der Waals surface area contributed by atoms with Gasteiger partial charge in [0.05, 0.1) is 16.8 Å². The molecule has 0 atom stereocenters. The van der Waals surface area contributed by atoms with E-state index in [-0.39, 0.29) is 5.91 Å². The number of carbonyl (C=O) groups is 1. The molecule has 0 bridgehead atoms. The van der Waals surface area contributed by atoms with Crippen LogP contribution in [0.4, 0.5) is 5.88 Å². The lowest BCUT2D eigenvalue weighted by Crippen LogP contribution is -2.18. The van der Waals surface area contributed by atoms with Crippen molar-refractivity contribution < 1.29 is 9.21 Å². The smallest absolute Gasteiger partial charge is 0.272 e. The highest BCUT2D eigenvalue weighted by molar-refractivity contribution is 6.33. The Morgan fingerprint density at radius 3 is 2.55 bits per heavy atom. The number of amides is 1. The average Bonchev–Trinajstić information content (AvgIpc) is 3.44. The largest absolute Gasteiger partial charge is 0.440 e. The Balaban J connectivity index is 1.47. The van der Waals surface area contributed by atoms with Crippen LogP contribution in [0, 0.1) is 13.8 Å². The van der Waals surface area contributed by atoms with E-state index in [9.17, 15) is 4.79 Å². The van der Waals surface area contributed by atoms with Crippen LogP contribution in [0.3, 0.4) is 0 Å². The maximum atomic E-state index is 12.6. The molecule has 1 fully saturated rings. The Kier molecular flexibility index (Phi) is 5.45. The van der Waals surface area contributed by atoms with Gasteiger partial charge in [-0.3, -0.25) is 4.79 Å². The van der Waals surface area contributed by atoms with E-state index in [0.29, 0.717) is 16.3 Å². The molecule has 0 aliphatic carbocycles. The summed E-state index contributed by atoms with van der Waals surface area (Å²) in [6.07, 6.45) is 3.86. The molecule has 29 heavy (non-hydrogen) atoms. The van der Waals surface area contributed by atoms with Gasteiger partial charge in [-0.2, -0.15) is 5.10 Å². The Bertz CT molecular complexity index is 1040. The van der Waals surface area contributed by atoms with Crippen LogP contribution in [0.1, 0.15) is 40.3 Å². The summed E-state index contributed by atoms with van der Waals surface area (Å²) in [4.78, 5) is 14.8. The van der Waals surface area contributed by atoms with Gasteiger partial charge in [-0.15, -0.1) is 0 Å². The molecule has 1 saturated heterocycles. The fraction of sp³-hybridized carbons (Fsp3) is 0.273. The van der Waals surface area contributed by atoms with Crippen LogP contribution >= 0.6 is 11.6 Å². The third kappa shape index (κ3) is 4.07. The van der Waals surface area contributed by atoms with Gasteiger partial charge in [0.15, 0.2) is 5.88 Å². The van der Waals surface area contributed by atoms with Crippen LogP contribution < -0.4 is 10.3 Å². The van der Waals surface area contributed by atoms with Gasteiger partial charge in [-0.1, -0.05) is 11.6 Å². The highest BCUT2D eigenvalue weighted by Gasteiger charge is 2.16. The Hall–Kier alpha value is -2.99. The minimum atomic E-state index is -0.373. The SMILES string of the molecule is Cc1ccc(C)n1-c1ccc(Cl)c(C(=O)NN=Cc2ccc(N3CCCC3)o2)c1. The maximum absolute atomic E-state index is 12.6. The van der Waals surface area contributed by atoms with Crippen LogP contribution in [0.5, 0.6) is 0 Å². The molecule has 3 heterocycles. The van der Waals surface area contributed by atoms with Gasteiger partial charge in [0.1, 0.15) is 5.76 Å². The zero-order chi connectivity index (χ0) is 20.4. The van der Waals surface area contributed by atoms with Crippen molar-refractivity contribution in [2.75, 3.05) is 18.0 Å². The second-order valence-electron chi connectivity index (χ2n) is 7.18. The molecular weight excluding hydrogens is 388 g/mol. The highest BCUT2D eigenvalue weighted by atomic mass is 35.5. The summed E-state index contributed by atoms with van der Waals surface area (Å²) in [5.74, 6) is 1.05. The predicted octanol–water partition coefficient (Wildman–Crippen LogP) is 4.70. The molecule has 6 nitrogen and oxygen atoms in total. The second-order valence-corrected chi connectivity index (χ2v) is 7.59. The number of rotatable bonds is 5. The third-order valence-electron chi connectivity index (χ3n) is 5.11. The summed E-state index contributed by atoms with van der Waals surface area (Å²) >= 11 is 6.26. The van der Waals surface area contributed by atoms with E-state index < -0.39 is 0 Å². The lowest BCUT2D eigenvalue weighted by atomic mass is 10.2. The van der Waals surface area contributed by atoms with E-state index in [2.05, 4.69) is 20.0 Å². The molecular formula is C22H23ClN4O2. The summed E-state index contributed by atoms with van der Waals surface area (Å²) in [7, 11) is 0. The number of aromatic nitrogens is 1. The number of benzene rings is 1. The Morgan fingerprint density at radius 2 is 1.83 bits per heavy atom. The lowest BCUT2D eigenvalue weighted by molar-refractivity contribution is 0.0955. The van der Waals surface area contributed by atoms with Gasteiger partial charge in [0.25, 0.3) is 5.91 Å². The molecule has 0 saturated carbocycles. The van der Waals surface area contributed by atoms with Crippen molar-refractivity contribution >= 4 is 29.6 Å². The number of nitrogens with zero attached hydrogens (tertiary/aromatic N) is 3. The number of anilines is 1. The molecule has 3 aromatic rings. The van der Waals surface area contributed by atoms with E-state index in [4.69, 9.17) is 16.0 Å². The van der Waals surface area contributed by atoms with Gasteiger partial charge >= 0.3 is 0 Å². The van der Waals surface area contributed by atoms with Gasteiger partial charge in [-0.05, 0) is 63.1 Å². The summed E-state index contributed by atoms with van der Waals surface area (Å²) in [6.45, 7) is 6.06. The Morgan fingerprint density at radius 1 is 1.10 bits per heavy atom. The first-order chi connectivity index (χ1) is 14.0. The van der Waals surface area contributed by atoms with Crippen molar-refractivity contribution in [3.8, 4) is 5.69 Å². The molecule has 1 aliphatic rings. The summed E-state index contributed by atoms with van der Waals surface area (Å²) in [6, 6.07) is 13.2. The van der Waals surface area contributed by atoms with Gasteiger partial charge in [0.2, 0.25) is 0 Å². The second kappa shape index (κ2) is 8.17. The number of halogens is 1. The number of furan rings is 1. The van der Waals surface area contributed by atoms with Crippen molar-refractivity contribution in [3.05, 3.63) is 70.2 Å². The number of hydrazone groups is 1. The molecule has 0 unspecified atom stereocenters. The van der Waals surface area contributed by atoms with Crippen molar-refractivity contribution in [2.45, 2.75) is 26.7 Å². The monoisotopic (exact) mass is 410 g/mol. The van der Waals surface area contributed by atoms with Crippen LogP contribution in [0.25, 0.3) is 5.69 Å². The molecule has 0 radical (unpaired) electrons. The fourth-order valence-electron chi connectivity index (χ4n) is 3.64. The van der Waals surface area contributed by atoms with Gasteiger partial charge < -0.3 is 13.9 Å². The van der Waals surface area contributed by atoms with Crippen LogP contribution in [-0.2, 0) is 0 Å². The molecule has 150 valence electrons. The Labute approximate surface area is 174 Å². The number of nitrogens with one attached hydrogen (secondary N) is 1. The van der Waals surface area contributed by atoms with Crippen LogP contribution in [0.2, 0.25) is 5.02 Å². The normalized spacial score (nSPS) is 14.1. The van der Waals surface area contributed by atoms with Crippen LogP contribution in [-0.4, -0.2) is 29.8 Å². The van der Waals surface area contributed by atoms with Gasteiger partial charge in [-0.25, -0.2) is 5.43 Å². The van der Waals surface area contributed by atoms with Crippen LogP contribution in [0.15, 0.2) is 52.0 Å². The maximum Gasteiger partial charge on any atom is 0.272 e. The van der Waals surface area contributed by atoms with E-state index in [1.54, 1.807) is 12.1 Å². The van der Waals surface area contributed by atoms with E-state index in [1.807, 2.05) is 44.2 Å². The molecule has 1 aliphatic heterocycles. The third-order valence-corrected chi connectivity index (χ3v) is 5.44. The first-order valence-electron chi connectivity index (χ1n) is 9.66. The molecule has 1 amide bonds. The number of hydrogen-bond donors (Lipinski definition) is 1. The summed E-state index contributed by atoms with van der Waals surface area (Å²) < 4.78 is 7.84. The average molecular weight is 411 g/mol. The highest BCUT2D eigenvalue weighted by Crippen LogP contribution is 2.24. The lowest BCUT2D eigenvalue weighted by Gasteiger charge is -2.12. The minimum Gasteiger partial charge on any atom is -0.440 e. The van der Waals surface area contributed by atoms with Gasteiger partial charge in [0, 0.05) is 36.2 Å². The molecule has 7 heteroatoms. The van der Waals surface area contributed by atoms with E-state index in [1.165, 1.54) is 19.1 Å².